The molecule has 0 radical (unpaired) electrons. The standard InChI is InChI=1S/C15H17N3O2/c1-11(12-4-3-7-16-8-12)17-10-14-6-5-13(9-18-14)15(19)20-2/h3-9,11,17H,10H2,1-2H3/t11-/m0/s1. The lowest BCUT2D eigenvalue weighted by Gasteiger charge is -2.13. The van der Waals surface area contributed by atoms with Crippen LogP contribution in [0.2, 0.25) is 0 Å². The Hall–Kier alpha value is -2.27. The van der Waals surface area contributed by atoms with E-state index in [2.05, 4.69) is 26.9 Å². The Morgan fingerprint density at radius 3 is 2.80 bits per heavy atom. The van der Waals surface area contributed by atoms with Crippen LogP contribution in [0.15, 0.2) is 42.9 Å². The molecule has 0 saturated carbocycles. The third-order valence-electron chi connectivity index (χ3n) is 3.02. The minimum atomic E-state index is -0.374. The van der Waals surface area contributed by atoms with Crippen LogP contribution >= 0.6 is 0 Å². The molecule has 20 heavy (non-hydrogen) atoms. The number of aromatic nitrogens is 2. The molecule has 2 aromatic heterocycles. The van der Waals surface area contributed by atoms with Gasteiger partial charge in [0, 0.05) is 31.2 Å². The molecule has 1 N–H and O–H groups in total. The van der Waals surface area contributed by atoms with Gasteiger partial charge in [-0.25, -0.2) is 4.79 Å². The predicted molar refractivity (Wildman–Crippen MR) is 75.1 cm³/mol. The van der Waals surface area contributed by atoms with Gasteiger partial charge >= 0.3 is 5.97 Å². The summed E-state index contributed by atoms with van der Waals surface area (Å²) in [5.41, 5.74) is 2.45. The Morgan fingerprint density at radius 1 is 1.35 bits per heavy atom. The lowest BCUT2D eigenvalue weighted by atomic mass is 10.1. The fourth-order valence-electron chi connectivity index (χ4n) is 1.78. The Kier molecular flexibility index (Phi) is 4.79. The molecule has 104 valence electrons. The molecule has 0 unspecified atom stereocenters. The number of hydrogen-bond acceptors (Lipinski definition) is 5. The minimum absolute atomic E-state index is 0.186. The van der Waals surface area contributed by atoms with E-state index in [4.69, 9.17) is 0 Å². The van der Waals surface area contributed by atoms with E-state index in [0.29, 0.717) is 12.1 Å². The molecule has 2 rings (SSSR count). The lowest BCUT2D eigenvalue weighted by Crippen LogP contribution is -2.19. The maximum absolute atomic E-state index is 11.3. The van der Waals surface area contributed by atoms with Gasteiger partial charge in [-0.1, -0.05) is 6.07 Å². The first kappa shape index (κ1) is 14.1. The Labute approximate surface area is 118 Å². The average molecular weight is 271 g/mol. The number of nitrogens with zero attached hydrogens (tertiary/aromatic N) is 2. The van der Waals surface area contributed by atoms with Gasteiger partial charge in [-0.2, -0.15) is 0 Å². The van der Waals surface area contributed by atoms with Gasteiger partial charge in [-0.15, -0.1) is 0 Å². The van der Waals surface area contributed by atoms with Crippen molar-refractivity contribution in [2.75, 3.05) is 7.11 Å². The molecular weight excluding hydrogens is 254 g/mol. The highest BCUT2D eigenvalue weighted by atomic mass is 16.5. The Bertz CT molecular complexity index is 555. The lowest BCUT2D eigenvalue weighted by molar-refractivity contribution is 0.0600. The zero-order valence-electron chi connectivity index (χ0n) is 11.5. The predicted octanol–water partition coefficient (Wildman–Crippen LogP) is 2.11. The quantitative estimate of drug-likeness (QED) is 0.844. The maximum Gasteiger partial charge on any atom is 0.339 e. The third kappa shape index (κ3) is 3.61. The molecule has 2 aromatic rings. The Balaban J connectivity index is 1.93. The second kappa shape index (κ2) is 6.77. The molecule has 0 spiro atoms. The van der Waals surface area contributed by atoms with E-state index in [1.165, 1.54) is 13.3 Å². The summed E-state index contributed by atoms with van der Waals surface area (Å²) in [7, 11) is 1.35. The number of ether oxygens (including phenoxy) is 1. The molecule has 5 heteroatoms. The second-order valence-electron chi connectivity index (χ2n) is 4.42. The van der Waals surface area contributed by atoms with Crippen LogP contribution < -0.4 is 5.32 Å². The van der Waals surface area contributed by atoms with Crippen LogP contribution in [-0.2, 0) is 11.3 Å². The Morgan fingerprint density at radius 2 is 2.20 bits per heavy atom. The monoisotopic (exact) mass is 271 g/mol. The summed E-state index contributed by atoms with van der Waals surface area (Å²) in [4.78, 5) is 19.6. The number of esters is 1. The van der Waals surface area contributed by atoms with E-state index >= 15 is 0 Å². The molecule has 1 atom stereocenters. The topological polar surface area (TPSA) is 64.1 Å². The smallest absolute Gasteiger partial charge is 0.339 e. The maximum atomic E-state index is 11.3. The van der Waals surface area contributed by atoms with Crippen LogP contribution in [0.4, 0.5) is 0 Å². The summed E-state index contributed by atoms with van der Waals surface area (Å²) in [6.07, 6.45) is 5.12. The molecule has 0 aliphatic carbocycles. The van der Waals surface area contributed by atoms with Gasteiger partial charge in [0.1, 0.15) is 0 Å². The highest BCUT2D eigenvalue weighted by molar-refractivity contribution is 5.88. The van der Waals surface area contributed by atoms with Gasteiger partial charge in [0.05, 0.1) is 18.4 Å². The summed E-state index contributed by atoms with van der Waals surface area (Å²) in [5, 5.41) is 3.36. The molecular formula is C15H17N3O2. The van der Waals surface area contributed by atoms with Crippen LogP contribution in [-0.4, -0.2) is 23.0 Å². The SMILES string of the molecule is COC(=O)c1ccc(CN[C@@H](C)c2cccnc2)nc1. The number of carbonyl (C=O) groups excluding carboxylic acids is 1. The van der Waals surface area contributed by atoms with Crippen molar-refractivity contribution >= 4 is 5.97 Å². The van der Waals surface area contributed by atoms with Crippen molar-refractivity contribution in [1.82, 2.24) is 15.3 Å². The van der Waals surface area contributed by atoms with Crippen LogP contribution in [0.3, 0.4) is 0 Å². The van der Waals surface area contributed by atoms with Crippen molar-refractivity contribution in [3.05, 3.63) is 59.7 Å². The minimum Gasteiger partial charge on any atom is -0.465 e. The third-order valence-corrected chi connectivity index (χ3v) is 3.02. The molecule has 0 fully saturated rings. The number of methoxy groups -OCH3 is 1. The molecule has 0 amide bonds. The van der Waals surface area contributed by atoms with Gasteiger partial charge in [-0.3, -0.25) is 9.97 Å². The summed E-state index contributed by atoms with van der Waals surface area (Å²) in [6.45, 7) is 2.69. The van der Waals surface area contributed by atoms with E-state index < -0.39 is 0 Å². The fourth-order valence-corrected chi connectivity index (χ4v) is 1.78. The van der Waals surface area contributed by atoms with Crippen molar-refractivity contribution in [2.24, 2.45) is 0 Å². The molecule has 0 bridgehead atoms. The summed E-state index contributed by atoms with van der Waals surface area (Å²) < 4.78 is 4.63. The van der Waals surface area contributed by atoms with Gasteiger partial charge in [0.15, 0.2) is 0 Å². The molecule has 0 aliphatic rings. The highest BCUT2D eigenvalue weighted by Crippen LogP contribution is 2.10. The van der Waals surface area contributed by atoms with Gasteiger partial charge in [0.25, 0.3) is 0 Å². The number of hydrogen-bond donors (Lipinski definition) is 1. The van der Waals surface area contributed by atoms with E-state index in [9.17, 15) is 4.79 Å². The molecule has 2 heterocycles. The zero-order valence-corrected chi connectivity index (χ0v) is 11.5. The zero-order chi connectivity index (χ0) is 14.4. The first-order valence-electron chi connectivity index (χ1n) is 6.37. The first-order valence-corrected chi connectivity index (χ1v) is 6.37. The van der Waals surface area contributed by atoms with E-state index in [1.807, 2.05) is 24.4 Å². The summed E-state index contributed by atoms with van der Waals surface area (Å²) in [5.74, 6) is -0.374. The van der Waals surface area contributed by atoms with Crippen molar-refractivity contribution in [2.45, 2.75) is 19.5 Å². The average Bonchev–Trinajstić information content (AvgIpc) is 2.53. The number of pyridine rings is 2. The number of carbonyl (C=O) groups is 1. The van der Waals surface area contributed by atoms with Crippen LogP contribution in [0, 0.1) is 0 Å². The molecule has 5 nitrogen and oxygen atoms in total. The summed E-state index contributed by atoms with van der Waals surface area (Å²) in [6, 6.07) is 7.65. The largest absolute Gasteiger partial charge is 0.465 e. The van der Waals surface area contributed by atoms with Crippen molar-refractivity contribution in [3.8, 4) is 0 Å². The van der Waals surface area contributed by atoms with E-state index in [-0.39, 0.29) is 12.0 Å². The first-order chi connectivity index (χ1) is 9.70. The van der Waals surface area contributed by atoms with Gasteiger partial charge < -0.3 is 10.1 Å². The molecule has 0 saturated heterocycles. The highest BCUT2D eigenvalue weighted by Gasteiger charge is 2.07. The van der Waals surface area contributed by atoms with E-state index in [0.717, 1.165) is 11.3 Å². The molecule has 0 aliphatic heterocycles. The van der Waals surface area contributed by atoms with Gasteiger partial charge in [0.2, 0.25) is 0 Å². The van der Waals surface area contributed by atoms with Crippen LogP contribution in [0.5, 0.6) is 0 Å². The van der Waals surface area contributed by atoms with E-state index in [1.54, 1.807) is 12.3 Å². The second-order valence-corrected chi connectivity index (χ2v) is 4.42. The number of rotatable bonds is 5. The van der Waals surface area contributed by atoms with Crippen molar-refractivity contribution in [1.29, 1.82) is 0 Å². The van der Waals surface area contributed by atoms with Crippen LogP contribution in [0.1, 0.15) is 34.6 Å². The normalized spacial score (nSPS) is 11.9. The van der Waals surface area contributed by atoms with Gasteiger partial charge in [-0.05, 0) is 30.7 Å². The van der Waals surface area contributed by atoms with Crippen molar-refractivity contribution < 1.29 is 9.53 Å². The van der Waals surface area contributed by atoms with Crippen molar-refractivity contribution in [3.63, 3.8) is 0 Å². The number of nitrogens with one attached hydrogen (secondary N) is 1. The van der Waals surface area contributed by atoms with Crippen LogP contribution in [0.25, 0.3) is 0 Å². The summed E-state index contributed by atoms with van der Waals surface area (Å²) >= 11 is 0. The fraction of sp³-hybridized carbons (Fsp3) is 0.267. The molecule has 0 aromatic carbocycles.